The van der Waals surface area contributed by atoms with Crippen molar-refractivity contribution in [2.24, 2.45) is 17.8 Å². The third-order valence-corrected chi connectivity index (χ3v) is 3.79. The number of ketones is 1. The lowest BCUT2D eigenvalue weighted by Crippen LogP contribution is -2.37. The van der Waals surface area contributed by atoms with Gasteiger partial charge in [-0.05, 0) is 24.7 Å². The Hall–Kier alpha value is -1.38. The van der Waals surface area contributed by atoms with E-state index in [1.165, 1.54) is 13.0 Å². The topological polar surface area (TPSA) is 43.4 Å². The summed E-state index contributed by atoms with van der Waals surface area (Å²) >= 11 is 0. The highest BCUT2D eigenvalue weighted by molar-refractivity contribution is 5.84. The third-order valence-electron chi connectivity index (χ3n) is 3.79. The Balaban J connectivity index is 2.77. The minimum atomic E-state index is -0.396. The average molecular weight is 266 g/mol. The van der Waals surface area contributed by atoms with Crippen molar-refractivity contribution in [2.45, 2.75) is 46.1 Å². The van der Waals surface area contributed by atoms with Crippen LogP contribution in [0.15, 0.2) is 24.8 Å². The molecule has 0 radical (unpaired) electrons. The highest BCUT2D eigenvalue weighted by atomic mass is 16.5. The molecule has 0 N–H and O–H groups in total. The van der Waals surface area contributed by atoms with Crippen LogP contribution < -0.4 is 0 Å². The van der Waals surface area contributed by atoms with E-state index in [0.717, 1.165) is 6.42 Å². The molecule has 1 saturated carbocycles. The van der Waals surface area contributed by atoms with Gasteiger partial charge in [-0.1, -0.05) is 38.6 Å². The lowest BCUT2D eigenvalue weighted by atomic mass is 9.83. The maximum Gasteiger partial charge on any atom is 0.302 e. The molecule has 0 aliphatic heterocycles. The van der Waals surface area contributed by atoms with Crippen LogP contribution in [0.2, 0.25) is 0 Å². The van der Waals surface area contributed by atoms with Gasteiger partial charge in [-0.15, -0.1) is 0 Å². The number of esters is 1. The SMILES string of the molecule is [2H]C([2H])=CC=CC[C@@H](C)[C@@H](OC(C)=O)[C@H]1C(=O)CCC1C. The first-order chi connectivity index (χ1) is 9.82. The molecule has 3 heteroatoms. The van der Waals surface area contributed by atoms with E-state index >= 15 is 0 Å². The molecule has 0 aromatic carbocycles. The Labute approximate surface area is 118 Å². The zero-order valence-corrected chi connectivity index (χ0v) is 11.9. The van der Waals surface area contributed by atoms with Crippen LogP contribution >= 0.6 is 0 Å². The van der Waals surface area contributed by atoms with Gasteiger partial charge in [0.05, 0.1) is 8.66 Å². The molecule has 1 aliphatic carbocycles. The zero-order valence-electron chi connectivity index (χ0n) is 13.9. The van der Waals surface area contributed by atoms with Crippen LogP contribution in [-0.4, -0.2) is 17.9 Å². The third kappa shape index (κ3) is 4.34. The normalized spacial score (nSPS) is 27.6. The number of hydrogen-bond acceptors (Lipinski definition) is 3. The van der Waals surface area contributed by atoms with Gasteiger partial charge in [-0.25, -0.2) is 0 Å². The number of hydrogen-bond donors (Lipinski definition) is 0. The van der Waals surface area contributed by atoms with Crippen LogP contribution in [0.5, 0.6) is 0 Å². The molecule has 0 bridgehead atoms. The molecular formula is C16H24O3. The van der Waals surface area contributed by atoms with Crippen LogP contribution in [-0.2, 0) is 14.3 Å². The standard InChI is InChI=1S/C16H24O3/c1-5-6-7-8-12(3)16(19-13(4)17)15-11(2)9-10-14(15)18/h5-7,11-12,15-16H,1,8-10H2,2-4H3/t11?,12-,15-,16-/m1/s1/i1D2. The van der Waals surface area contributed by atoms with Crippen molar-refractivity contribution in [1.82, 2.24) is 0 Å². The summed E-state index contributed by atoms with van der Waals surface area (Å²) in [7, 11) is 0. The molecule has 0 saturated heterocycles. The van der Waals surface area contributed by atoms with E-state index in [-0.39, 0.29) is 36.0 Å². The highest BCUT2D eigenvalue weighted by Crippen LogP contribution is 2.36. The summed E-state index contributed by atoms with van der Waals surface area (Å²) in [4.78, 5) is 23.4. The first kappa shape index (κ1) is 12.6. The summed E-state index contributed by atoms with van der Waals surface area (Å²) in [5, 5.41) is 0. The predicted molar refractivity (Wildman–Crippen MR) is 75.6 cm³/mol. The van der Waals surface area contributed by atoms with Crippen LogP contribution in [0.25, 0.3) is 0 Å². The van der Waals surface area contributed by atoms with E-state index in [1.54, 1.807) is 6.08 Å². The fourth-order valence-corrected chi connectivity index (χ4v) is 2.77. The van der Waals surface area contributed by atoms with Crippen LogP contribution in [0.4, 0.5) is 0 Å². The van der Waals surface area contributed by atoms with Gasteiger partial charge in [0, 0.05) is 13.3 Å². The molecule has 1 fully saturated rings. The molecule has 0 aromatic heterocycles. The molecule has 0 heterocycles. The molecule has 19 heavy (non-hydrogen) atoms. The van der Waals surface area contributed by atoms with Gasteiger partial charge in [0.25, 0.3) is 0 Å². The summed E-state index contributed by atoms with van der Waals surface area (Å²) in [5.74, 6) is -0.128. The van der Waals surface area contributed by atoms with Gasteiger partial charge < -0.3 is 4.74 Å². The van der Waals surface area contributed by atoms with E-state index in [2.05, 4.69) is 0 Å². The number of rotatable bonds is 6. The van der Waals surface area contributed by atoms with Gasteiger partial charge >= 0.3 is 5.97 Å². The smallest absolute Gasteiger partial charge is 0.302 e. The highest BCUT2D eigenvalue weighted by Gasteiger charge is 2.41. The first-order valence-electron chi connectivity index (χ1n) is 7.83. The molecule has 0 aromatic rings. The minimum absolute atomic E-state index is 0.0213. The van der Waals surface area contributed by atoms with Crippen LogP contribution in [0, 0.1) is 17.8 Å². The average Bonchev–Trinajstić information content (AvgIpc) is 2.71. The molecule has 1 unspecified atom stereocenters. The number of allylic oxidation sites excluding steroid dienone is 3. The number of Topliss-reactive ketones (excluding diaryl/α,β-unsaturated/α-hetero) is 1. The van der Waals surface area contributed by atoms with Gasteiger partial charge in [-0.2, -0.15) is 0 Å². The summed E-state index contributed by atoms with van der Waals surface area (Å²) in [5.41, 5.74) is 0. The molecule has 0 amide bonds. The summed E-state index contributed by atoms with van der Waals surface area (Å²) in [6.45, 7) is 5.11. The maximum atomic E-state index is 12.1. The van der Waals surface area contributed by atoms with Gasteiger partial charge in [0.15, 0.2) is 0 Å². The fraction of sp³-hybridized carbons (Fsp3) is 0.625. The van der Waals surface area contributed by atoms with Crippen molar-refractivity contribution in [2.75, 3.05) is 0 Å². The number of carbonyl (C=O) groups is 2. The predicted octanol–water partition coefficient (Wildman–Crippen LogP) is 3.30. The first-order valence-corrected chi connectivity index (χ1v) is 6.83. The second-order valence-corrected chi connectivity index (χ2v) is 5.39. The Bertz CT molecular complexity index is 439. The van der Waals surface area contributed by atoms with E-state index in [9.17, 15) is 9.59 Å². The van der Waals surface area contributed by atoms with Gasteiger partial charge in [0.1, 0.15) is 11.9 Å². The van der Waals surface area contributed by atoms with Crippen molar-refractivity contribution in [3.05, 3.63) is 24.8 Å². The Kier molecular flexibility index (Phi) is 4.84. The second-order valence-electron chi connectivity index (χ2n) is 5.39. The van der Waals surface area contributed by atoms with E-state index in [4.69, 9.17) is 7.48 Å². The Morgan fingerprint density at radius 3 is 2.95 bits per heavy atom. The van der Waals surface area contributed by atoms with Crippen molar-refractivity contribution in [3.8, 4) is 0 Å². The van der Waals surface area contributed by atoms with Gasteiger partial charge in [-0.3, -0.25) is 9.59 Å². The van der Waals surface area contributed by atoms with Crippen LogP contribution in [0.3, 0.4) is 0 Å². The number of ether oxygens (including phenoxy) is 1. The zero-order chi connectivity index (χ0) is 16.0. The summed E-state index contributed by atoms with van der Waals surface area (Å²) < 4.78 is 19.4. The second kappa shape index (κ2) is 7.27. The largest absolute Gasteiger partial charge is 0.461 e. The van der Waals surface area contributed by atoms with Crippen molar-refractivity contribution in [3.63, 3.8) is 0 Å². The summed E-state index contributed by atoms with van der Waals surface area (Å²) in [6, 6.07) is 0. The van der Waals surface area contributed by atoms with Crippen molar-refractivity contribution >= 4 is 11.8 Å². The Morgan fingerprint density at radius 1 is 1.68 bits per heavy atom. The molecule has 1 aliphatic rings. The maximum absolute atomic E-state index is 12.1. The van der Waals surface area contributed by atoms with E-state index < -0.39 is 6.10 Å². The van der Waals surface area contributed by atoms with Crippen molar-refractivity contribution in [1.29, 1.82) is 0 Å². The van der Waals surface area contributed by atoms with E-state index in [1.807, 2.05) is 19.9 Å². The van der Waals surface area contributed by atoms with Gasteiger partial charge in [0.2, 0.25) is 0 Å². The lowest BCUT2D eigenvalue weighted by molar-refractivity contribution is -0.154. The van der Waals surface area contributed by atoms with Crippen LogP contribution in [0.1, 0.15) is 42.8 Å². The molecule has 0 spiro atoms. The Morgan fingerprint density at radius 2 is 2.42 bits per heavy atom. The fourth-order valence-electron chi connectivity index (χ4n) is 2.77. The quantitative estimate of drug-likeness (QED) is 0.547. The lowest BCUT2D eigenvalue weighted by Gasteiger charge is -2.30. The molecular weight excluding hydrogens is 240 g/mol. The molecule has 106 valence electrons. The van der Waals surface area contributed by atoms with E-state index in [0.29, 0.717) is 12.8 Å². The number of carbonyl (C=O) groups excluding carboxylic acids is 2. The molecule has 3 nitrogen and oxygen atoms in total. The minimum Gasteiger partial charge on any atom is -0.461 e. The summed E-state index contributed by atoms with van der Waals surface area (Å²) in [6.07, 6.45) is 6.54. The molecule has 4 atom stereocenters. The monoisotopic (exact) mass is 266 g/mol. The van der Waals surface area contributed by atoms with Crippen molar-refractivity contribution < 1.29 is 17.1 Å². The molecule has 1 rings (SSSR count).